The maximum absolute atomic E-state index is 13.2. The molecular weight excluding hydrogens is 547 g/mol. The minimum absolute atomic E-state index is 0.0560. The van der Waals surface area contributed by atoms with Gasteiger partial charge in [0.2, 0.25) is 0 Å². The fourth-order valence-electron chi connectivity index (χ4n) is 4.47. The Morgan fingerprint density at radius 3 is 2.74 bits per heavy atom. The summed E-state index contributed by atoms with van der Waals surface area (Å²) in [5, 5.41) is 8.30. The van der Waals surface area contributed by atoms with E-state index in [4.69, 9.17) is 23.2 Å². The third kappa shape index (κ3) is 5.18. The predicted molar refractivity (Wildman–Crippen MR) is 147 cm³/mol. The number of fused-ring (bicyclic) bond motifs is 2. The van der Waals surface area contributed by atoms with Gasteiger partial charge in [0, 0.05) is 36.9 Å². The van der Waals surface area contributed by atoms with Crippen molar-refractivity contribution in [1.29, 1.82) is 0 Å². The summed E-state index contributed by atoms with van der Waals surface area (Å²) in [5.41, 5.74) is 3.00. The molecule has 3 heterocycles. The highest BCUT2D eigenvalue weighted by Crippen LogP contribution is 2.35. The van der Waals surface area contributed by atoms with Crippen molar-refractivity contribution in [2.45, 2.75) is 19.0 Å². The monoisotopic (exact) mass is 568 g/mol. The Balaban J connectivity index is 1.28. The fraction of sp³-hybridized carbons (Fsp3) is 0.185. The molecule has 2 aromatic carbocycles. The topological polar surface area (TPSA) is 111 Å². The van der Waals surface area contributed by atoms with Gasteiger partial charge < -0.3 is 25.3 Å². The minimum atomic E-state index is -0.972. The van der Waals surface area contributed by atoms with Crippen molar-refractivity contribution < 1.29 is 19.2 Å². The summed E-state index contributed by atoms with van der Waals surface area (Å²) in [6, 6.07) is 11.5. The van der Waals surface area contributed by atoms with Gasteiger partial charge >= 0.3 is 0 Å². The number of aromatic nitrogens is 1. The number of hydrogen-bond donors (Lipinski definition) is 3. The van der Waals surface area contributed by atoms with Crippen molar-refractivity contribution in [1.82, 2.24) is 20.5 Å². The van der Waals surface area contributed by atoms with Crippen LogP contribution in [0.2, 0.25) is 10.0 Å². The molecule has 0 aliphatic carbocycles. The largest absolute Gasteiger partial charge is 0.361 e. The lowest BCUT2D eigenvalue weighted by molar-refractivity contribution is -0.109. The smallest absolute Gasteiger partial charge is 0.261 e. The van der Waals surface area contributed by atoms with E-state index in [1.54, 1.807) is 34.5 Å². The van der Waals surface area contributed by atoms with Gasteiger partial charge in [0.25, 0.3) is 17.7 Å². The zero-order chi connectivity index (χ0) is 26.8. The summed E-state index contributed by atoms with van der Waals surface area (Å²) in [6.07, 6.45) is 2.81. The molecule has 1 atom stereocenters. The van der Waals surface area contributed by atoms with Crippen LogP contribution >= 0.6 is 34.5 Å². The van der Waals surface area contributed by atoms with E-state index in [2.05, 4.69) is 15.6 Å². The first-order chi connectivity index (χ1) is 18.4. The molecule has 0 spiro atoms. The maximum atomic E-state index is 13.2. The summed E-state index contributed by atoms with van der Waals surface area (Å²) in [4.78, 5) is 55.3. The molecule has 3 amide bonds. The number of carbonyl (C=O) groups is 4. The first-order valence-corrected chi connectivity index (χ1v) is 13.4. The van der Waals surface area contributed by atoms with Crippen molar-refractivity contribution in [3.63, 3.8) is 0 Å². The molecule has 3 N–H and O–H groups in total. The number of H-pyrrole nitrogens is 1. The van der Waals surface area contributed by atoms with E-state index in [1.165, 1.54) is 11.3 Å². The number of thiophene rings is 1. The van der Waals surface area contributed by atoms with Crippen LogP contribution in [0.15, 0.2) is 54.0 Å². The molecule has 38 heavy (non-hydrogen) atoms. The van der Waals surface area contributed by atoms with E-state index < -0.39 is 11.9 Å². The van der Waals surface area contributed by atoms with Gasteiger partial charge in [0.1, 0.15) is 12.3 Å². The SMILES string of the molecule is O=C[C@H](CNC(=O)c1cccs1)NC(=O)c1c(Cl)cc2c(c1Cl)CCN(C(=O)c1ccc3cc[nH]c3c1)C2. The minimum Gasteiger partial charge on any atom is -0.361 e. The lowest BCUT2D eigenvalue weighted by Crippen LogP contribution is -2.45. The summed E-state index contributed by atoms with van der Waals surface area (Å²) in [5.74, 6) is -1.07. The van der Waals surface area contributed by atoms with Crippen LogP contribution in [0.4, 0.5) is 0 Å². The van der Waals surface area contributed by atoms with Gasteiger partial charge in [-0.3, -0.25) is 14.4 Å². The first kappa shape index (κ1) is 26.0. The molecule has 1 aliphatic rings. The molecule has 194 valence electrons. The highest BCUT2D eigenvalue weighted by atomic mass is 35.5. The number of benzene rings is 2. The molecule has 0 bridgehead atoms. The number of nitrogens with one attached hydrogen (secondary N) is 3. The fourth-order valence-corrected chi connectivity index (χ4v) is 5.87. The van der Waals surface area contributed by atoms with Crippen LogP contribution in [0, 0.1) is 0 Å². The molecule has 2 aromatic heterocycles. The molecule has 0 radical (unpaired) electrons. The van der Waals surface area contributed by atoms with Crippen LogP contribution < -0.4 is 10.6 Å². The molecule has 5 rings (SSSR count). The zero-order valence-corrected chi connectivity index (χ0v) is 22.3. The third-order valence-electron chi connectivity index (χ3n) is 6.43. The highest BCUT2D eigenvalue weighted by Gasteiger charge is 2.28. The molecule has 11 heteroatoms. The molecule has 0 unspecified atom stereocenters. The molecule has 0 saturated carbocycles. The van der Waals surface area contributed by atoms with E-state index in [1.807, 2.05) is 24.4 Å². The van der Waals surface area contributed by atoms with Crippen molar-refractivity contribution in [2.24, 2.45) is 0 Å². The molecule has 8 nitrogen and oxygen atoms in total. The van der Waals surface area contributed by atoms with Crippen LogP contribution in [0.5, 0.6) is 0 Å². The Morgan fingerprint density at radius 1 is 1.13 bits per heavy atom. The molecule has 0 saturated heterocycles. The van der Waals surface area contributed by atoms with Crippen LogP contribution in [0.1, 0.15) is 41.5 Å². The van der Waals surface area contributed by atoms with E-state index in [0.29, 0.717) is 36.2 Å². The quantitative estimate of drug-likeness (QED) is 0.286. The zero-order valence-electron chi connectivity index (χ0n) is 19.9. The van der Waals surface area contributed by atoms with Gasteiger partial charge in [-0.05, 0) is 58.6 Å². The Hall–Kier alpha value is -3.66. The average molecular weight is 569 g/mol. The van der Waals surface area contributed by atoms with Crippen LogP contribution in [0.25, 0.3) is 10.9 Å². The van der Waals surface area contributed by atoms with Crippen molar-refractivity contribution in [3.8, 4) is 0 Å². The normalized spacial score (nSPS) is 13.6. The Morgan fingerprint density at radius 2 is 1.97 bits per heavy atom. The third-order valence-corrected chi connectivity index (χ3v) is 8.01. The average Bonchev–Trinajstić information content (AvgIpc) is 3.62. The lowest BCUT2D eigenvalue weighted by Gasteiger charge is -2.30. The maximum Gasteiger partial charge on any atom is 0.261 e. The predicted octanol–water partition coefficient (Wildman–Crippen LogP) is 4.46. The van der Waals surface area contributed by atoms with E-state index in [9.17, 15) is 19.2 Å². The van der Waals surface area contributed by atoms with Crippen molar-refractivity contribution in [2.75, 3.05) is 13.1 Å². The Bertz CT molecular complexity index is 1550. The van der Waals surface area contributed by atoms with Gasteiger partial charge in [-0.15, -0.1) is 11.3 Å². The number of carbonyl (C=O) groups excluding carboxylic acids is 4. The number of amides is 3. The van der Waals surface area contributed by atoms with E-state index in [0.717, 1.165) is 22.0 Å². The Kier molecular flexibility index (Phi) is 7.51. The first-order valence-electron chi connectivity index (χ1n) is 11.8. The molecular formula is C27H22Cl2N4O4S. The number of aromatic amines is 1. The van der Waals surface area contributed by atoms with Crippen LogP contribution in [0.3, 0.4) is 0 Å². The van der Waals surface area contributed by atoms with Crippen molar-refractivity contribution >= 4 is 69.4 Å². The van der Waals surface area contributed by atoms with Crippen LogP contribution in [-0.4, -0.2) is 53.0 Å². The van der Waals surface area contributed by atoms with E-state index in [-0.39, 0.29) is 34.0 Å². The van der Waals surface area contributed by atoms with E-state index >= 15 is 0 Å². The standard InChI is InChI=1S/C27H22Cl2N4O4S/c28-20-10-17-13-33(27(37)16-4-3-15-5-7-30-21(15)11-16)8-6-19(17)24(29)23(20)26(36)32-18(14-34)12-31-25(35)22-2-1-9-38-22/h1-5,7,9-11,14,18,30H,6,8,12-13H2,(H,31,35)(H,32,36)/t18-/m0/s1. The summed E-state index contributed by atoms with van der Waals surface area (Å²) < 4.78 is 0. The number of nitrogens with zero attached hydrogens (tertiary/aromatic N) is 1. The number of aldehydes is 1. The second kappa shape index (κ2) is 11.0. The highest BCUT2D eigenvalue weighted by molar-refractivity contribution is 7.12. The summed E-state index contributed by atoms with van der Waals surface area (Å²) in [7, 11) is 0. The van der Waals surface area contributed by atoms with Crippen molar-refractivity contribution in [3.05, 3.63) is 91.2 Å². The van der Waals surface area contributed by atoms with Gasteiger partial charge in [0.15, 0.2) is 0 Å². The number of hydrogen-bond acceptors (Lipinski definition) is 5. The second-order valence-electron chi connectivity index (χ2n) is 8.84. The number of halogens is 2. The van der Waals surface area contributed by atoms with Gasteiger partial charge in [-0.25, -0.2) is 0 Å². The molecule has 4 aromatic rings. The van der Waals surface area contributed by atoms with Gasteiger partial charge in [-0.1, -0.05) is 35.3 Å². The van der Waals surface area contributed by atoms with Gasteiger partial charge in [0.05, 0.1) is 20.5 Å². The second-order valence-corrected chi connectivity index (χ2v) is 10.6. The van der Waals surface area contributed by atoms with Crippen LogP contribution in [-0.2, 0) is 17.8 Å². The number of rotatable bonds is 7. The Labute approximate surface area is 231 Å². The van der Waals surface area contributed by atoms with Gasteiger partial charge in [-0.2, -0.15) is 0 Å². The summed E-state index contributed by atoms with van der Waals surface area (Å²) >= 11 is 14.4. The molecule has 1 aliphatic heterocycles. The molecule has 0 fully saturated rings. The summed E-state index contributed by atoms with van der Waals surface area (Å²) in [6.45, 7) is 0.629. The lowest BCUT2D eigenvalue weighted by atomic mass is 9.96.